The van der Waals surface area contributed by atoms with E-state index in [1.807, 2.05) is 0 Å². The van der Waals surface area contributed by atoms with Crippen molar-refractivity contribution in [3.8, 4) is 6.07 Å². The molecule has 0 saturated carbocycles. The summed E-state index contributed by atoms with van der Waals surface area (Å²) < 4.78 is 61.5. The summed E-state index contributed by atoms with van der Waals surface area (Å²) in [7, 11) is 0. The predicted octanol–water partition coefficient (Wildman–Crippen LogP) is 5.33. The van der Waals surface area contributed by atoms with E-state index in [0.29, 0.717) is 6.07 Å². The van der Waals surface area contributed by atoms with Gasteiger partial charge in [0.2, 0.25) is 0 Å². The monoisotopic (exact) mass is 619 g/mol. The normalized spacial score (nSPS) is 17.3. The number of nitriles is 1. The van der Waals surface area contributed by atoms with Crippen molar-refractivity contribution in [3.63, 3.8) is 0 Å². The number of benzene rings is 2. The van der Waals surface area contributed by atoms with Gasteiger partial charge in [-0.1, -0.05) is 0 Å². The first kappa shape index (κ1) is 31.7. The summed E-state index contributed by atoms with van der Waals surface area (Å²) in [4.78, 5) is 44.0. The Morgan fingerprint density at radius 3 is 2.09 bits per heavy atom. The van der Waals surface area contributed by atoms with E-state index in [1.54, 1.807) is 20.8 Å². The number of anilines is 2. The molecule has 2 saturated heterocycles. The second-order valence-electron chi connectivity index (χ2n) is 11.6. The maximum atomic E-state index is 15.4. The molecule has 0 unspecified atom stereocenters. The first-order valence-corrected chi connectivity index (χ1v) is 13.6. The molecular formula is C29H29F4N5O4S. The molecule has 14 heteroatoms. The Morgan fingerprint density at radius 2 is 1.56 bits per heavy atom. The Labute approximate surface area is 251 Å². The van der Waals surface area contributed by atoms with Crippen LogP contribution in [-0.2, 0) is 15.7 Å². The maximum absolute atomic E-state index is 15.4. The van der Waals surface area contributed by atoms with Gasteiger partial charge in [-0.25, -0.2) is 9.18 Å². The molecular weight excluding hydrogens is 590 g/mol. The highest BCUT2D eigenvalue weighted by Crippen LogP contribution is 2.40. The van der Waals surface area contributed by atoms with E-state index in [9.17, 15) is 27.6 Å². The number of piperazine rings is 1. The van der Waals surface area contributed by atoms with Crippen molar-refractivity contribution in [1.29, 1.82) is 5.26 Å². The summed E-state index contributed by atoms with van der Waals surface area (Å²) in [5, 5.41) is 8.90. The van der Waals surface area contributed by atoms with Gasteiger partial charge in [0.25, 0.3) is 11.8 Å². The van der Waals surface area contributed by atoms with Gasteiger partial charge >= 0.3 is 12.3 Å². The summed E-state index contributed by atoms with van der Waals surface area (Å²) in [5.74, 6) is -2.15. The van der Waals surface area contributed by atoms with E-state index in [1.165, 1.54) is 52.8 Å². The molecule has 3 amide bonds. The second kappa shape index (κ2) is 11.1. The third kappa shape index (κ3) is 6.13. The lowest BCUT2D eigenvalue weighted by atomic mass is 10.0. The SMILES string of the molecule is CC(C)(C)OC(=O)N1CCN(C(=O)c2ccc(N3C(=S)N(c4ccc(C#N)c(C(F)(F)F)c4)C(=O)C3(C)C)cc2F)CC1. The molecule has 0 atom stereocenters. The summed E-state index contributed by atoms with van der Waals surface area (Å²) >= 11 is 5.49. The number of carbonyl (C=O) groups is 3. The number of rotatable bonds is 3. The fraction of sp³-hybridized carbons (Fsp3) is 0.414. The number of hydrogen-bond acceptors (Lipinski definition) is 6. The zero-order valence-corrected chi connectivity index (χ0v) is 24.9. The molecule has 0 bridgehead atoms. The molecule has 4 rings (SSSR count). The Bertz CT molecular complexity index is 1540. The molecule has 2 fully saturated rings. The van der Waals surface area contributed by atoms with E-state index in [0.717, 1.165) is 17.0 Å². The van der Waals surface area contributed by atoms with Crippen LogP contribution in [0.15, 0.2) is 36.4 Å². The summed E-state index contributed by atoms with van der Waals surface area (Å²) in [6, 6.07) is 7.99. The van der Waals surface area contributed by atoms with Gasteiger partial charge in [-0.15, -0.1) is 0 Å². The molecule has 43 heavy (non-hydrogen) atoms. The van der Waals surface area contributed by atoms with Gasteiger partial charge in [-0.3, -0.25) is 14.5 Å². The number of halogens is 4. The number of amides is 3. The molecule has 228 valence electrons. The minimum absolute atomic E-state index is 0.110. The smallest absolute Gasteiger partial charge is 0.417 e. The van der Waals surface area contributed by atoms with Crippen LogP contribution in [0.4, 0.5) is 33.7 Å². The minimum Gasteiger partial charge on any atom is -0.444 e. The standard InChI is InChI=1S/C29H29F4N5O4S/c1-27(2,3)42-26(41)36-12-10-35(11-13-36)23(39)20-9-8-19(15-22(20)30)38-25(43)37(24(40)28(38,4)5)18-7-6-17(16-34)21(14-18)29(31,32)33/h6-9,14-15H,10-13H2,1-5H3. The first-order valence-electron chi connectivity index (χ1n) is 13.2. The van der Waals surface area contributed by atoms with Crippen LogP contribution in [-0.4, -0.2) is 70.1 Å². The number of hydrogen-bond donors (Lipinski definition) is 0. The number of ether oxygens (including phenoxy) is 1. The number of carbonyl (C=O) groups excluding carboxylic acids is 3. The Hall–Kier alpha value is -4.25. The highest BCUT2D eigenvalue weighted by Gasteiger charge is 2.51. The lowest BCUT2D eigenvalue weighted by Crippen LogP contribution is -2.51. The van der Waals surface area contributed by atoms with Crippen LogP contribution in [0.3, 0.4) is 0 Å². The third-order valence-corrected chi connectivity index (χ3v) is 7.38. The van der Waals surface area contributed by atoms with Gasteiger partial charge in [0, 0.05) is 31.9 Å². The van der Waals surface area contributed by atoms with Gasteiger partial charge in [0.15, 0.2) is 5.11 Å². The third-order valence-electron chi connectivity index (χ3n) is 7.02. The van der Waals surface area contributed by atoms with Crippen molar-refractivity contribution in [2.24, 2.45) is 0 Å². The van der Waals surface area contributed by atoms with Gasteiger partial charge in [-0.2, -0.15) is 18.4 Å². The van der Waals surface area contributed by atoms with Crippen molar-refractivity contribution in [2.45, 2.75) is 51.9 Å². The Morgan fingerprint density at radius 1 is 0.977 bits per heavy atom. The summed E-state index contributed by atoms with van der Waals surface area (Å²) in [6.45, 7) is 8.95. The van der Waals surface area contributed by atoms with Gasteiger partial charge in [-0.05, 0) is 83.2 Å². The van der Waals surface area contributed by atoms with Crippen LogP contribution in [0.5, 0.6) is 0 Å². The van der Waals surface area contributed by atoms with Crippen LogP contribution in [0, 0.1) is 17.1 Å². The Balaban J connectivity index is 1.56. The molecule has 2 aliphatic rings. The molecule has 0 aromatic heterocycles. The zero-order valence-electron chi connectivity index (χ0n) is 24.1. The molecule has 9 nitrogen and oxygen atoms in total. The number of thiocarbonyl (C=S) groups is 1. The average molecular weight is 620 g/mol. The topological polar surface area (TPSA) is 97.2 Å². The van der Waals surface area contributed by atoms with Crippen molar-refractivity contribution in [1.82, 2.24) is 9.80 Å². The van der Waals surface area contributed by atoms with Crippen LogP contribution in [0.25, 0.3) is 0 Å². The number of alkyl halides is 3. The van der Waals surface area contributed by atoms with Gasteiger partial charge in [0.1, 0.15) is 17.0 Å². The molecule has 2 aromatic rings. The van der Waals surface area contributed by atoms with E-state index >= 15 is 4.39 Å². The second-order valence-corrected chi connectivity index (χ2v) is 11.9. The molecule has 2 aromatic carbocycles. The lowest BCUT2D eigenvalue weighted by Gasteiger charge is -2.35. The lowest BCUT2D eigenvalue weighted by molar-refractivity contribution is -0.137. The molecule has 2 aliphatic heterocycles. The minimum atomic E-state index is -4.85. The van der Waals surface area contributed by atoms with E-state index < -0.39 is 52.2 Å². The van der Waals surface area contributed by atoms with Crippen molar-refractivity contribution >= 4 is 46.6 Å². The average Bonchev–Trinajstić information content (AvgIpc) is 3.09. The number of nitrogens with zero attached hydrogens (tertiary/aromatic N) is 5. The summed E-state index contributed by atoms with van der Waals surface area (Å²) in [5.41, 5.74) is -4.26. The predicted molar refractivity (Wildman–Crippen MR) is 153 cm³/mol. The first-order chi connectivity index (χ1) is 19.9. The fourth-order valence-corrected chi connectivity index (χ4v) is 5.39. The molecule has 0 radical (unpaired) electrons. The van der Waals surface area contributed by atoms with E-state index in [-0.39, 0.29) is 48.2 Å². The fourth-order valence-electron chi connectivity index (χ4n) is 4.86. The van der Waals surface area contributed by atoms with Gasteiger partial charge < -0.3 is 19.4 Å². The summed E-state index contributed by atoms with van der Waals surface area (Å²) in [6.07, 6.45) is -5.35. The van der Waals surface area contributed by atoms with E-state index in [4.69, 9.17) is 22.2 Å². The Kier molecular flexibility index (Phi) is 8.18. The van der Waals surface area contributed by atoms with Crippen LogP contribution >= 0.6 is 12.2 Å². The highest BCUT2D eigenvalue weighted by molar-refractivity contribution is 7.81. The van der Waals surface area contributed by atoms with Crippen LogP contribution in [0.2, 0.25) is 0 Å². The van der Waals surface area contributed by atoms with Crippen molar-refractivity contribution in [2.75, 3.05) is 36.0 Å². The highest BCUT2D eigenvalue weighted by atomic mass is 32.1. The molecule has 0 aliphatic carbocycles. The van der Waals surface area contributed by atoms with Crippen LogP contribution < -0.4 is 9.80 Å². The molecule has 0 spiro atoms. The maximum Gasteiger partial charge on any atom is 0.417 e. The van der Waals surface area contributed by atoms with Crippen molar-refractivity contribution < 1.29 is 36.7 Å². The van der Waals surface area contributed by atoms with Gasteiger partial charge in [0.05, 0.1) is 28.4 Å². The van der Waals surface area contributed by atoms with Crippen LogP contribution in [0.1, 0.15) is 56.1 Å². The zero-order chi connectivity index (χ0) is 32.1. The molecule has 0 N–H and O–H groups in total. The largest absolute Gasteiger partial charge is 0.444 e. The van der Waals surface area contributed by atoms with E-state index in [2.05, 4.69) is 0 Å². The van der Waals surface area contributed by atoms with Crippen molar-refractivity contribution in [3.05, 3.63) is 58.9 Å². The molecule has 2 heterocycles. The quantitative estimate of drug-likeness (QED) is 0.339.